The van der Waals surface area contributed by atoms with Crippen LogP contribution in [0.2, 0.25) is 0 Å². The van der Waals surface area contributed by atoms with Gasteiger partial charge in [0.1, 0.15) is 11.6 Å². The van der Waals surface area contributed by atoms with Crippen molar-refractivity contribution in [3.8, 4) is 17.3 Å². The predicted octanol–water partition coefficient (Wildman–Crippen LogP) is 4.19. The molecule has 0 saturated carbocycles. The number of aromatic amines is 1. The standard InChI is InChI=1S/C20H15BrN4O2S/c1-12(18(26)23-15-9-7-14(21)8-10-15)28-20-24-17(13-5-3-2-4-6-13)16(11-22)19(27)25-20/h2-10,12H,1H3,(H,23,26)(H,24,25,27). The average molecular weight is 455 g/mol. The van der Waals surface area contributed by atoms with Crippen LogP contribution in [0.25, 0.3) is 11.3 Å². The summed E-state index contributed by atoms with van der Waals surface area (Å²) < 4.78 is 0.917. The van der Waals surface area contributed by atoms with E-state index in [4.69, 9.17) is 0 Å². The van der Waals surface area contributed by atoms with Gasteiger partial charge in [-0.2, -0.15) is 5.26 Å². The monoisotopic (exact) mass is 454 g/mol. The molecule has 0 radical (unpaired) electrons. The van der Waals surface area contributed by atoms with Crippen LogP contribution in [0, 0.1) is 11.3 Å². The Morgan fingerprint density at radius 2 is 1.89 bits per heavy atom. The molecule has 0 saturated heterocycles. The van der Waals surface area contributed by atoms with Crippen LogP contribution < -0.4 is 10.9 Å². The van der Waals surface area contributed by atoms with Gasteiger partial charge in [-0.05, 0) is 31.2 Å². The van der Waals surface area contributed by atoms with Crippen molar-refractivity contribution in [3.05, 3.63) is 75.0 Å². The molecule has 2 N–H and O–H groups in total. The largest absolute Gasteiger partial charge is 0.325 e. The maximum atomic E-state index is 12.4. The summed E-state index contributed by atoms with van der Waals surface area (Å²) in [4.78, 5) is 31.7. The summed E-state index contributed by atoms with van der Waals surface area (Å²) in [5.74, 6) is -0.222. The normalized spacial score (nSPS) is 11.5. The van der Waals surface area contributed by atoms with E-state index in [0.29, 0.717) is 16.9 Å². The Bertz CT molecular complexity index is 1090. The van der Waals surface area contributed by atoms with Crippen molar-refractivity contribution >= 4 is 39.3 Å². The van der Waals surface area contributed by atoms with Crippen molar-refractivity contribution < 1.29 is 4.79 Å². The molecule has 0 bridgehead atoms. The summed E-state index contributed by atoms with van der Waals surface area (Å²) >= 11 is 4.47. The smallest absolute Gasteiger partial charge is 0.270 e. The fourth-order valence-corrected chi connectivity index (χ4v) is 3.48. The molecule has 6 nitrogen and oxygen atoms in total. The van der Waals surface area contributed by atoms with E-state index in [1.807, 2.05) is 24.3 Å². The number of hydrogen-bond donors (Lipinski definition) is 2. The SMILES string of the molecule is CC(Sc1nc(-c2ccccc2)c(C#N)c(=O)[nH]1)C(=O)Nc1ccc(Br)cc1. The maximum absolute atomic E-state index is 12.4. The van der Waals surface area contributed by atoms with Gasteiger partial charge in [0, 0.05) is 15.7 Å². The molecule has 0 spiro atoms. The molecule has 1 unspecified atom stereocenters. The van der Waals surface area contributed by atoms with Gasteiger partial charge in [-0.3, -0.25) is 9.59 Å². The number of aromatic nitrogens is 2. The van der Waals surface area contributed by atoms with Crippen molar-refractivity contribution in [2.45, 2.75) is 17.3 Å². The van der Waals surface area contributed by atoms with E-state index in [0.717, 1.165) is 16.2 Å². The zero-order chi connectivity index (χ0) is 20.1. The number of amides is 1. The van der Waals surface area contributed by atoms with Gasteiger partial charge in [-0.15, -0.1) is 0 Å². The quantitative estimate of drug-likeness (QED) is 0.444. The number of nitrogens with zero attached hydrogens (tertiary/aromatic N) is 2. The summed E-state index contributed by atoms with van der Waals surface area (Å²) in [7, 11) is 0. The molecule has 0 aliphatic carbocycles. The van der Waals surface area contributed by atoms with Gasteiger partial charge in [-0.25, -0.2) is 4.98 Å². The number of hydrogen-bond acceptors (Lipinski definition) is 5. The van der Waals surface area contributed by atoms with Gasteiger partial charge >= 0.3 is 0 Å². The minimum atomic E-state index is -0.528. The number of carbonyl (C=O) groups is 1. The number of nitriles is 1. The molecule has 1 aromatic heterocycles. The second-order valence-corrected chi connectivity index (χ2v) is 8.07. The van der Waals surface area contributed by atoms with Crippen LogP contribution in [-0.4, -0.2) is 21.1 Å². The molecule has 1 amide bonds. The van der Waals surface area contributed by atoms with Gasteiger partial charge in [-0.1, -0.05) is 58.0 Å². The van der Waals surface area contributed by atoms with E-state index in [-0.39, 0.29) is 16.6 Å². The number of halogens is 1. The molecule has 0 aliphatic rings. The van der Waals surface area contributed by atoms with Crippen LogP contribution in [0.5, 0.6) is 0 Å². The molecule has 2 aromatic carbocycles. The first-order valence-corrected chi connectivity index (χ1v) is 9.98. The Balaban J connectivity index is 1.83. The molecule has 8 heteroatoms. The Morgan fingerprint density at radius 1 is 1.21 bits per heavy atom. The van der Waals surface area contributed by atoms with Crippen LogP contribution in [-0.2, 0) is 4.79 Å². The second kappa shape index (κ2) is 8.87. The molecule has 140 valence electrons. The Labute approximate surface area is 174 Å². The average Bonchev–Trinajstić information content (AvgIpc) is 2.70. The summed E-state index contributed by atoms with van der Waals surface area (Å²) in [5, 5.41) is 11.9. The van der Waals surface area contributed by atoms with Crippen molar-refractivity contribution in [1.82, 2.24) is 9.97 Å². The topological polar surface area (TPSA) is 98.6 Å². The number of nitrogens with one attached hydrogen (secondary N) is 2. The molecular weight excluding hydrogens is 440 g/mol. The molecule has 3 aromatic rings. The van der Waals surface area contributed by atoms with Gasteiger partial charge in [0.15, 0.2) is 5.16 Å². The summed E-state index contributed by atoms with van der Waals surface area (Å²) in [6.45, 7) is 1.72. The minimum Gasteiger partial charge on any atom is -0.325 e. The van der Waals surface area contributed by atoms with Gasteiger partial charge in [0.2, 0.25) is 5.91 Å². The highest BCUT2D eigenvalue weighted by Gasteiger charge is 2.19. The lowest BCUT2D eigenvalue weighted by Gasteiger charge is -2.12. The van der Waals surface area contributed by atoms with Gasteiger partial charge in [0.05, 0.1) is 10.9 Å². The molecule has 0 fully saturated rings. The first kappa shape index (κ1) is 19.9. The predicted molar refractivity (Wildman–Crippen MR) is 113 cm³/mol. The van der Waals surface area contributed by atoms with E-state index in [1.165, 1.54) is 0 Å². The van der Waals surface area contributed by atoms with E-state index in [1.54, 1.807) is 43.3 Å². The van der Waals surface area contributed by atoms with Crippen LogP contribution in [0.1, 0.15) is 12.5 Å². The van der Waals surface area contributed by atoms with E-state index < -0.39 is 10.8 Å². The summed E-state index contributed by atoms with van der Waals surface area (Å²) in [6.07, 6.45) is 0. The number of anilines is 1. The lowest BCUT2D eigenvalue weighted by Crippen LogP contribution is -2.23. The summed E-state index contributed by atoms with van der Waals surface area (Å²) in [5.41, 5.74) is 1.06. The third-order valence-electron chi connectivity index (χ3n) is 3.83. The van der Waals surface area contributed by atoms with Crippen molar-refractivity contribution in [2.75, 3.05) is 5.32 Å². The maximum Gasteiger partial charge on any atom is 0.270 e. The first-order chi connectivity index (χ1) is 13.5. The number of carbonyl (C=O) groups excluding carboxylic acids is 1. The highest BCUT2D eigenvalue weighted by Crippen LogP contribution is 2.25. The number of rotatable bonds is 5. The number of H-pyrrole nitrogens is 1. The van der Waals surface area contributed by atoms with Crippen LogP contribution in [0.4, 0.5) is 5.69 Å². The number of thioether (sulfide) groups is 1. The highest BCUT2D eigenvalue weighted by molar-refractivity contribution is 9.10. The van der Waals surface area contributed by atoms with Gasteiger partial charge < -0.3 is 10.3 Å². The van der Waals surface area contributed by atoms with Crippen LogP contribution in [0.3, 0.4) is 0 Å². The lowest BCUT2D eigenvalue weighted by atomic mass is 10.1. The first-order valence-electron chi connectivity index (χ1n) is 8.31. The Kier molecular flexibility index (Phi) is 6.29. The Morgan fingerprint density at radius 3 is 2.54 bits per heavy atom. The fourth-order valence-electron chi connectivity index (χ4n) is 2.42. The lowest BCUT2D eigenvalue weighted by molar-refractivity contribution is -0.115. The molecule has 0 aliphatic heterocycles. The molecular formula is C20H15BrN4O2S. The summed E-state index contributed by atoms with van der Waals surface area (Å²) in [6, 6.07) is 18.2. The van der Waals surface area contributed by atoms with Gasteiger partial charge in [0.25, 0.3) is 5.56 Å². The van der Waals surface area contributed by atoms with E-state index in [2.05, 4.69) is 31.2 Å². The highest BCUT2D eigenvalue weighted by atomic mass is 79.9. The number of benzene rings is 2. The van der Waals surface area contributed by atoms with Crippen molar-refractivity contribution in [1.29, 1.82) is 5.26 Å². The zero-order valence-corrected chi connectivity index (χ0v) is 17.2. The molecule has 28 heavy (non-hydrogen) atoms. The minimum absolute atomic E-state index is 0.0532. The van der Waals surface area contributed by atoms with Crippen molar-refractivity contribution in [2.24, 2.45) is 0 Å². The molecule has 1 atom stereocenters. The fraction of sp³-hybridized carbons (Fsp3) is 0.100. The Hall–Kier alpha value is -2.89. The second-order valence-electron chi connectivity index (χ2n) is 5.83. The molecule has 3 rings (SSSR count). The molecule has 1 heterocycles. The zero-order valence-electron chi connectivity index (χ0n) is 14.8. The third kappa shape index (κ3) is 4.68. The van der Waals surface area contributed by atoms with Crippen molar-refractivity contribution in [3.63, 3.8) is 0 Å². The van der Waals surface area contributed by atoms with Crippen LogP contribution >= 0.6 is 27.7 Å². The third-order valence-corrected chi connectivity index (χ3v) is 5.34. The van der Waals surface area contributed by atoms with Crippen LogP contribution in [0.15, 0.2) is 69.0 Å². The van der Waals surface area contributed by atoms with E-state index >= 15 is 0 Å². The van der Waals surface area contributed by atoms with E-state index in [9.17, 15) is 14.9 Å².